The second kappa shape index (κ2) is 9.11. The molecule has 0 unspecified atom stereocenters. The van der Waals surface area contributed by atoms with Gasteiger partial charge in [0.2, 0.25) is 5.82 Å². The Balaban J connectivity index is 1.53. The molecule has 0 amide bonds. The van der Waals surface area contributed by atoms with E-state index in [1.54, 1.807) is 4.57 Å². The number of unbranched alkanes of at least 4 members (excludes halogenated alkanes) is 1. The zero-order valence-electron chi connectivity index (χ0n) is 18.4. The Hall–Kier alpha value is -3.98. The first-order valence-electron chi connectivity index (χ1n) is 11.0. The Kier molecular flexibility index (Phi) is 5.85. The van der Waals surface area contributed by atoms with Crippen molar-refractivity contribution < 1.29 is 9.90 Å². The zero-order chi connectivity index (χ0) is 23.7. The summed E-state index contributed by atoms with van der Waals surface area (Å²) in [5, 5.41) is 25.3. The number of fused-ring (bicyclic) bond motifs is 1. The van der Waals surface area contributed by atoms with E-state index in [1.807, 2.05) is 54.6 Å². The predicted octanol–water partition coefficient (Wildman–Crippen LogP) is 4.75. The topological polar surface area (TPSA) is 115 Å². The summed E-state index contributed by atoms with van der Waals surface area (Å²) < 4.78 is 3.78. The van der Waals surface area contributed by atoms with Gasteiger partial charge >= 0.3 is 5.97 Å². The summed E-state index contributed by atoms with van der Waals surface area (Å²) in [5.41, 5.74) is 3.73. The third kappa shape index (κ3) is 3.94. The summed E-state index contributed by atoms with van der Waals surface area (Å²) in [6, 6.07) is 18.0. The van der Waals surface area contributed by atoms with Crippen LogP contribution in [0.15, 0.2) is 54.6 Å². The number of imidazole rings is 1. The highest BCUT2D eigenvalue weighted by Crippen LogP contribution is 2.30. The maximum Gasteiger partial charge on any atom is 0.355 e. The molecule has 0 spiro atoms. The summed E-state index contributed by atoms with van der Waals surface area (Å²) in [5.74, 6) is 0.101. The first-order valence-corrected chi connectivity index (χ1v) is 11.4. The number of carboxylic acid groups (broad SMARTS) is 1. The molecule has 0 saturated heterocycles. The molecule has 0 aliphatic heterocycles. The minimum absolute atomic E-state index is 0.0210. The van der Waals surface area contributed by atoms with Crippen LogP contribution < -0.4 is 0 Å². The fourth-order valence-electron chi connectivity index (χ4n) is 4.17. The number of aromatic amines is 1. The lowest BCUT2D eigenvalue weighted by Crippen LogP contribution is -2.13. The molecule has 2 aromatic carbocycles. The number of para-hydroxylation sites is 1. The molecule has 10 heteroatoms. The standard InChI is InChI=1S/C24H22ClN7O2/c1-2-3-8-20-26-22(25)21(24(33)34)31(20)14-15-9-11-17(12-10-15)32-18-7-5-4-6-16(18)13-19(32)23-27-29-30-28-23/h4-7,9-13H,2-3,8,14H2,1H3,(H,33,34)(H,27,28,29,30). The van der Waals surface area contributed by atoms with Gasteiger partial charge in [-0.1, -0.05) is 55.3 Å². The normalized spacial score (nSPS) is 11.4. The molecule has 3 aromatic heterocycles. The quantitative estimate of drug-likeness (QED) is 0.334. The van der Waals surface area contributed by atoms with E-state index in [4.69, 9.17) is 11.6 Å². The lowest BCUT2D eigenvalue weighted by Gasteiger charge is -2.13. The SMILES string of the molecule is CCCCc1nc(Cl)c(C(=O)O)n1Cc1ccc(-n2c(-c3nn[nH]n3)cc3ccccc32)cc1. The van der Waals surface area contributed by atoms with E-state index in [0.717, 1.165) is 40.7 Å². The van der Waals surface area contributed by atoms with Crippen LogP contribution in [0.5, 0.6) is 0 Å². The fourth-order valence-corrected chi connectivity index (χ4v) is 4.45. The molecule has 0 fully saturated rings. The van der Waals surface area contributed by atoms with Gasteiger partial charge in [0.25, 0.3) is 0 Å². The average Bonchev–Trinajstić information content (AvgIpc) is 3.55. The minimum Gasteiger partial charge on any atom is -0.476 e. The molecule has 0 aliphatic carbocycles. The number of rotatable bonds is 8. The number of carboxylic acids is 1. The largest absolute Gasteiger partial charge is 0.476 e. The summed E-state index contributed by atoms with van der Waals surface area (Å²) >= 11 is 6.17. The molecule has 5 aromatic rings. The van der Waals surface area contributed by atoms with Gasteiger partial charge in [-0.15, -0.1) is 10.2 Å². The number of halogens is 1. The number of aryl methyl sites for hydroxylation is 1. The Morgan fingerprint density at radius 2 is 1.94 bits per heavy atom. The molecule has 0 saturated carbocycles. The van der Waals surface area contributed by atoms with Crippen LogP contribution in [0.4, 0.5) is 0 Å². The summed E-state index contributed by atoms with van der Waals surface area (Å²) in [7, 11) is 0. The van der Waals surface area contributed by atoms with Crippen molar-refractivity contribution in [1.29, 1.82) is 0 Å². The highest BCUT2D eigenvalue weighted by molar-refractivity contribution is 6.32. The lowest BCUT2D eigenvalue weighted by molar-refractivity contribution is 0.0685. The van der Waals surface area contributed by atoms with E-state index in [9.17, 15) is 9.90 Å². The zero-order valence-corrected chi connectivity index (χ0v) is 19.2. The highest BCUT2D eigenvalue weighted by Gasteiger charge is 2.22. The van der Waals surface area contributed by atoms with Crippen molar-refractivity contribution in [2.24, 2.45) is 0 Å². The molecular formula is C24H22ClN7O2. The number of hydrogen-bond donors (Lipinski definition) is 2. The van der Waals surface area contributed by atoms with Gasteiger partial charge in [-0.05, 0) is 41.5 Å². The van der Waals surface area contributed by atoms with Crippen molar-refractivity contribution in [3.63, 3.8) is 0 Å². The summed E-state index contributed by atoms with van der Waals surface area (Å²) in [6.45, 7) is 2.45. The maximum absolute atomic E-state index is 11.8. The Bertz CT molecular complexity index is 1450. The lowest BCUT2D eigenvalue weighted by atomic mass is 10.2. The summed E-state index contributed by atoms with van der Waals surface area (Å²) in [4.78, 5) is 16.2. The Labute approximate surface area is 200 Å². The maximum atomic E-state index is 11.8. The van der Waals surface area contributed by atoms with E-state index in [0.29, 0.717) is 24.6 Å². The Morgan fingerprint density at radius 1 is 1.15 bits per heavy atom. The fraction of sp³-hybridized carbons (Fsp3) is 0.208. The molecule has 34 heavy (non-hydrogen) atoms. The molecule has 0 bridgehead atoms. The van der Waals surface area contributed by atoms with Crippen LogP contribution in [0, 0.1) is 0 Å². The third-order valence-electron chi connectivity index (χ3n) is 5.78. The van der Waals surface area contributed by atoms with E-state index in [1.165, 1.54) is 0 Å². The van der Waals surface area contributed by atoms with Crippen molar-refractivity contribution in [2.75, 3.05) is 0 Å². The van der Waals surface area contributed by atoms with Crippen LogP contribution in [0.2, 0.25) is 5.15 Å². The van der Waals surface area contributed by atoms with Crippen molar-refractivity contribution >= 4 is 28.5 Å². The van der Waals surface area contributed by atoms with Crippen molar-refractivity contribution in [3.05, 3.63) is 76.8 Å². The van der Waals surface area contributed by atoms with E-state index in [2.05, 4.69) is 37.1 Å². The van der Waals surface area contributed by atoms with Gasteiger partial charge in [0, 0.05) is 24.0 Å². The number of aromatic carboxylic acids is 1. The molecule has 2 N–H and O–H groups in total. The van der Waals surface area contributed by atoms with Gasteiger partial charge in [0.05, 0.1) is 11.2 Å². The molecule has 5 rings (SSSR count). The number of nitrogens with zero attached hydrogens (tertiary/aromatic N) is 6. The van der Waals surface area contributed by atoms with Gasteiger partial charge in [-0.2, -0.15) is 5.21 Å². The van der Waals surface area contributed by atoms with Gasteiger partial charge in [0.1, 0.15) is 5.82 Å². The average molecular weight is 476 g/mol. The van der Waals surface area contributed by atoms with Gasteiger partial charge < -0.3 is 14.2 Å². The number of carbonyl (C=O) groups is 1. The van der Waals surface area contributed by atoms with Crippen LogP contribution in [0.3, 0.4) is 0 Å². The van der Waals surface area contributed by atoms with Crippen LogP contribution in [-0.4, -0.2) is 45.8 Å². The smallest absolute Gasteiger partial charge is 0.355 e. The van der Waals surface area contributed by atoms with Gasteiger partial charge in [-0.25, -0.2) is 9.78 Å². The number of H-pyrrole nitrogens is 1. The number of nitrogens with one attached hydrogen (secondary N) is 1. The molecule has 9 nitrogen and oxygen atoms in total. The number of hydrogen-bond acceptors (Lipinski definition) is 5. The molecule has 0 atom stereocenters. The van der Waals surface area contributed by atoms with Crippen LogP contribution in [0.25, 0.3) is 28.1 Å². The van der Waals surface area contributed by atoms with Gasteiger partial charge in [-0.3, -0.25) is 0 Å². The molecule has 172 valence electrons. The number of benzene rings is 2. The first kappa shape index (κ1) is 21.8. The van der Waals surface area contributed by atoms with E-state index < -0.39 is 5.97 Å². The van der Waals surface area contributed by atoms with E-state index in [-0.39, 0.29) is 10.8 Å². The highest BCUT2D eigenvalue weighted by atomic mass is 35.5. The minimum atomic E-state index is -1.08. The van der Waals surface area contributed by atoms with Crippen LogP contribution >= 0.6 is 11.6 Å². The molecule has 3 heterocycles. The van der Waals surface area contributed by atoms with Crippen LogP contribution in [0.1, 0.15) is 41.6 Å². The second-order valence-electron chi connectivity index (χ2n) is 7.99. The number of aromatic nitrogens is 7. The summed E-state index contributed by atoms with van der Waals surface area (Å²) in [6.07, 6.45) is 2.56. The van der Waals surface area contributed by atoms with Crippen molar-refractivity contribution in [1.82, 2.24) is 34.7 Å². The van der Waals surface area contributed by atoms with Crippen molar-refractivity contribution in [2.45, 2.75) is 32.7 Å². The first-order chi connectivity index (χ1) is 16.6. The Morgan fingerprint density at radius 3 is 2.65 bits per heavy atom. The molecule has 0 radical (unpaired) electrons. The number of tetrazole rings is 1. The second-order valence-corrected chi connectivity index (χ2v) is 8.35. The monoisotopic (exact) mass is 475 g/mol. The molecular weight excluding hydrogens is 454 g/mol. The van der Waals surface area contributed by atoms with Crippen molar-refractivity contribution in [3.8, 4) is 17.2 Å². The third-order valence-corrected chi connectivity index (χ3v) is 6.04. The predicted molar refractivity (Wildman–Crippen MR) is 128 cm³/mol. The van der Waals surface area contributed by atoms with E-state index >= 15 is 0 Å². The van der Waals surface area contributed by atoms with Crippen LogP contribution in [-0.2, 0) is 13.0 Å². The molecule has 0 aliphatic rings. The van der Waals surface area contributed by atoms with Gasteiger partial charge in [0.15, 0.2) is 10.8 Å².